The first-order chi connectivity index (χ1) is 8.04. The number of alkyl halides is 5. The van der Waals surface area contributed by atoms with E-state index in [-0.39, 0.29) is 4.47 Å². The van der Waals surface area contributed by atoms with Gasteiger partial charge in [0, 0.05) is 0 Å². The molecule has 0 aromatic heterocycles. The fourth-order valence-corrected chi connectivity index (χ4v) is 1.88. The van der Waals surface area contributed by atoms with Gasteiger partial charge in [-0.3, -0.25) is 4.57 Å². The molecular weight excluding hydrogens is 350 g/mol. The van der Waals surface area contributed by atoms with Crippen LogP contribution in [-0.4, -0.2) is 6.17 Å². The fourth-order valence-electron chi connectivity index (χ4n) is 0.927. The zero-order chi connectivity index (χ0) is 14.1. The number of hydrogen-bond acceptors (Lipinski definition) is 3. The van der Waals surface area contributed by atoms with Gasteiger partial charge in [-0.1, -0.05) is 0 Å². The van der Waals surface area contributed by atoms with E-state index in [1.165, 1.54) is 0 Å². The minimum Gasteiger partial charge on any atom is -0.765 e. The first-order valence-corrected chi connectivity index (χ1v) is 6.60. The molecule has 1 unspecified atom stereocenters. The molecule has 0 fully saturated rings. The van der Waals surface area contributed by atoms with E-state index in [9.17, 15) is 31.4 Å². The second-order valence-electron chi connectivity index (χ2n) is 3.05. The van der Waals surface area contributed by atoms with E-state index in [4.69, 9.17) is 0 Å². The Balaban J connectivity index is 3.14. The van der Waals surface area contributed by atoms with Gasteiger partial charge >= 0.3 is 12.3 Å². The summed E-state index contributed by atoms with van der Waals surface area (Å²) in [5.41, 5.74) is -1.21. The van der Waals surface area contributed by atoms with Gasteiger partial charge in [0.25, 0.3) is 0 Å². The Morgan fingerprint density at radius 2 is 1.89 bits per heavy atom. The summed E-state index contributed by atoms with van der Waals surface area (Å²) in [6.45, 7) is 0. The summed E-state index contributed by atoms with van der Waals surface area (Å²) in [5, 5.41) is 0. The lowest BCUT2D eigenvalue weighted by molar-refractivity contribution is -0.202. The maximum atomic E-state index is 12.3. The monoisotopic (exact) mass is 353 g/mol. The second kappa shape index (κ2) is 5.14. The number of halogens is 6. The van der Waals surface area contributed by atoms with Gasteiger partial charge in [0.05, 0.1) is 10.0 Å². The van der Waals surface area contributed by atoms with Crippen LogP contribution in [0.1, 0.15) is 5.56 Å². The highest BCUT2D eigenvalue weighted by Gasteiger charge is 2.32. The summed E-state index contributed by atoms with van der Waals surface area (Å²) in [7, 11) is -5.57. The fraction of sp³-hybridized carbons (Fsp3) is 0.250. The first-order valence-electron chi connectivity index (χ1n) is 4.19. The normalized spacial score (nSPS) is 15.6. The highest BCUT2D eigenvalue weighted by atomic mass is 79.9. The van der Waals surface area contributed by atoms with Gasteiger partial charge in [-0.25, -0.2) is 0 Å². The lowest BCUT2D eigenvalue weighted by Crippen LogP contribution is -2.15. The standard InChI is InChI=1S/C8H5BrF5O3P/c9-5-2-1-4(8(12,13)14)3-6(5)17-18(15,16)7(10)11/h1-3,7H,(H,15,16)/p-1. The molecule has 0 aliphatic carbocycles. The molecule has 0 saturated carbocycles. The van der Waals surface area contributed by atoms with Crippen LogP contribution >= 0.6 is 23.5 Å². The molecule has 18 heavy (non-hydrogen) atoms. The second-order valence-corrected chi connectivity index (χ2v) is 5.56. The molecule has 1 aromatic carbocycles. The van der Waals surface area contributed by atoms with Crippen LogP contribution in [0.2, 0.25) is 0 Å². The van der Waals surface area contributed by atoms with E-state index in [0.717, 1.165) is 6.07 Å². The highest BCUT2D eigenvalue weighted by Crippen LogP contribution is 2.47. The Labute approximate surface area is 106 Å². The zero-order valence-electron chi connectivity index (χ0n) is 8.25. The van der Waals surface area contributed by atoms with Gasteiger partial charge in [-0.2, -0.15) is 22.0 Å². The smallest absolute Gasteiger partial charge is 0.416 e. The van der Waals surface area contributed by atoms with Crippen LogP contribution in [0.15, 0.2) is 22.7 Å². The number of benzene rings is 1. The Morgan fingerprint density at radius 3 is 2.33 bits per heavy atom. The summed E-state index contributed by atoms with van der Waals surface area (Å²) in [5.74, 6) is -0.844. The molecule has 1 rings (SSSR count). The minimum absolute atomic E-state index is 0.188. The zero-order valence-corrected chi connectivity index (χ0v) is 10.7. The Hall–Kier alpha value is -0.660. The third kappa shape index (κ3) is 3.66. The van der Waals surface area contributed by atoms with Crippen molar-refractivity contribution < 1.29 is 35.9 Å². The number of hydrogen-bond donors (Lipinski definition) is 0. The van der Waals surface area contributed by atoms with Crippen LogP contribution in [0.25, 0.3) is 0 Å². The van der Waals surface area contributed by atoms with E-state index >= 15 is 0 Å². The third-order valence-electron chi connectivity index (χ3n) is 1.72. The molecule has 1 aromatic rings. The van der Waals surface area contributed by atoms with Crippen LogP contribution in [0.4, 0.5) is 22.0 Å². The highest BCUT2D eigenvalue weighted by molar-refractivity contribution is 9.10. The summed E-state index contributed by atoms with van der Waals surface area (Å²) < 4.78 is 75.5. The van der Waals surface area contributed by atoms with E-state index in [0.29, 0.717) is 12.1 Å². The molecule has 0 heterocycles. The van der Waals surface area contributed by atoms with E-state index in [1.54, 1.807) is 0 Å². The largest absolute Gasteiger partial charge is 0.765 e. The SMILES string of the molecule is O=P([O-])(Oc1cc(C(F)(F)F)ccc1Br)C(F)F. The third-order valence-corrected chi connectivity index (χ3v) is 3.31. The molecule has 0 bridgehead atoms. The molecule has 0 radical (unpaired) electrons. The van der Waals surface area contributed by atoms with Crippen LogP contribution in [0.3, 0.4) is 0 Å². The van der Waals surface area contributed by atoms with Crippen LogP contribution < -0.4 is 9.42 Å². The molecular formula is C8H4BrF5O3P-. The maximum absolute atomic E-state index is 12.3. The lowest BCUT2D eigenvalue weighted by atomic mass is 10.2. The van der Waals surface area contributed by atoms with E-state index < -0.39 is 31.3 Å². The van der Waals surface area contributed by atoms with Crippen molar-refractivity contribution in [3.8, 4) is 5.75 Å². The summed E-state index contributed by atoms with van der Waals surface area (Å²) >= 11 is 2.70. The molecule has 1 atom stereocenters. The van der Waals surface area contributed by atoms with Crippen molar-refractivity contribution in [1.82, 2.24) is 0 Å². The molecule has 0 aliphatic heterocycles. The van der Waals surface area contributed by atoms with Gasteiger partial charge in [0.15, 0.2) is 0 Å². The van der Waals surface area contributed by atoms with Crippen molar-refractivity contribution in [2.45, 2.75) is 12.3 Å². The topological polar surface area (TPSA) is 49.4 Å². The van der Waals surface area contributed by atoms with Crippen molar-refractivity contribution in [1.29, 1.82) is 0 Å². The van der Waals surface area contributed by atoms with Gasteiger partial charge in [-0.05, 0) is 34.1 Å². The van der Waals surface area contributed by atoms with Crippen molar-refractivity contribution >= 4 is 23.5 Å². The minimum atomic E-state index is -5.57. The average molecular weight is 354 g/mol. The van der Waals surface area contributed by atoms with Crippen molar-refractivity contribution in [3.05, 3.63) is 28.2 Å². The predicted octanol–water partition coefficient (Wildman–Crippen LogP) is 3.62. The first kappa shape index (κ1) is 15.4. The quantitative estimate of drug-likeness (QED) is 0.616. The van der Waals surface area contributed by atoms with E-state index in [1.807, 2.05) is 0 Å². The Kier molecular flexibility index (Phi) is 4.40. The van der Waals surface area contributed by atoms with Crippen LogP contribution in [0.5, 0.6) is 5.75 Å². The molecule has 0 saturated heterocycles. The lowest BCUT2D eigenvalue weighted by Gasteiger charge is -2.23. The molecule has 3 nitrogen and oxygen atoms in total. The van der Waals surface area contributed by atoms with Gasteiger partial charge < -0.3 is 9.42 Å². The van der Waals surface area contributed by atoms with Crippen LogP contribution in [0, 0.1) is 0 Å². The molecule has 0 spiro atoms. The summed E-state index contributed by atoms with van der Waals surface area (Å²) in [4.78, 5) is 10.8. The molecule has 10 heteroatoms. The molecule has 0 aliphatic rings. The van der Waals surface area contributed by atoms with Crippen molar-refractivity contribution in [2.75, 3.05) is 0 Å². The average Bonchev–Trinajstić information content (AvgIpc) is 2.19. The van der Waals surface area contributed by atoms with Gasteiger partial charge in [0.1, 0.15) is 5.75 Å². The molecule has 0 N–H and O–H groups in total. The Morgan fingerprint density at radius 1 is 1.33 bits per heavy atom. The molecule has 0 amide bonds. The predicted molar refractivity (Wildman–Crippen MR) is 53.4 cm³/mol. The number of rotatable bonds is 3. The summed E-state index contributed by atoms with van der Waals surface area (Å²) in [6.07, 6.45) is -8.56. The van der Waals surface area contributed by atoms with E-state index in [2.05, 4.69) is 20.5 Å². The summed E-state index contributed by atoms with van der Waals surface area (Å²) in [6, 6.07) is 1.82. The maximum Gasteiger partial charge on any atom is 0.416 e. The molecule has 102 valence electrons. The van der Waals surface area contributed by atoms with Crippen LogP contribution in [-0.2, 0) is 10.7 Å². The van der Waals surface area contributed by atoms with Crippen molar-refractivity contribution in [3.63, 3.8) is 0 Å². The van der Waals surface area contributed by atoms with Crippen molar-refractivity contribution in [2.24, 2.45) is 0 Å². The van der Waals surface area contributed by atoms with Gasteiger partial charge in [-0.15, -0.1) is 0 Å². The Bertz CT molecular complexity index is 490. The van der Waals surface area contributed by atoms with Gasteiger partial charge in [0.2, 0.25) is 7.60 Å².